The second-order valence-electron chi connectivity index (χ2n) is 5.85. The first-order chi connectivity index (χ1) is 9.27. The van der Waals surface area contributed by atoms with Gasteiger partial charge < -0.3 is 5.32 Å². The van der Waals surface area contributed by atoms with Crippen molar-refractivity contribution in [3.8, 4) is 0 Å². The topological polar surface area (TPSA) is 57.8 Å². The minimum Gasteiger partial charge on any atom is -0.305 e. The number of nitrogens with one attached hydrogen (secondary N) is 2. The van der Waals surface area contributed by atoms with Crippen LogP contribution in [0.15, 0.2) is 28.7 Å². The van der Waals surface area contributed by atoms with Crippen LogP contribution < -0.4 is 5.32 Å². The fraction of sp³-hybridized carbons (Fsp3) is 0.333. The Morgan fingerprint density at radius 1 is 1.30 bits per heavy atom. The minimum atomic E-state index is -0.174. The lowest BCUT2D eigenvalue weighted by Gasteiger charge is -2.14. The first kappa shape index (κ1) is 14.8. The number of anilines is 1. The predicted molar refractivity (Wildman–Crippen MR) is 84.1 cm³/mol. The van der Waals surface area contributed by atoms with Crippen molar-refractivity contribution in [1.29, 1.82) is 0 Å². The van der Waals surface area contributed by atoms with Crippen molar-refractivity contribution in [2.75, 3.05) is 5.32 Å². The average Bonchev–Trinajstić information content (AvgIpc) is 2.80. The summed E-state index contributed by atoms with van der Waals surface area (Å²) in [5.74, 6) is 0.362. The number of amides is 1. The number of carbonyl (C=O) groups is 1. The Kier molecular flexibility index (Phi) is 3.99. The van der Waals surface area contributed by atoms with E-state index in [0.29, 0.717) is 11.4 Å². The minimum absolute atomic E-state index is 0.0279. The molecule has 0 saturated carbocycles. The lowest BCUT2D eigenvalue weighted by molar-refractivity contribution is 0.102. The molecule has 0 bridgehead atoms. The Hall–Kier alpha value is -1.62. The molecule has 0 unspecified atom stereocenters. The third kappa shape index (κ3) is 3.28. The van der Waals surface area contributed by atoms with Crippen LogP contribution in [-0.4, -0.2) is 16.1 Å². The van der Waals surface area contributed by atoms with Gasteiger partial charge in [0, 0.05) is 21.6 Å². The van der Waals surface area contributed by atoms with E-state index in [1.54, 1.807) is 0 Å². The molecule has 0 aliphatic heterocycles. The van der Waals surface area contributed by atoms with Crippen molar-refractivity contribution in [3.63, 3.8) is 0 Å². The molecule has 0 atom stereocenters. The zero-order valence-electron chi connectivity index (χ0n) is 12.0. The maximum atomic E-state index is 12.3. The largest absolute Gasteiger partial charge is 0.305 e. The molecule has 0 aliphatic carbocycles. The number of nitrogens with zero attached hydrogens (tertiary/aromatic N) is 1. The first-order valence-corrected chi connectivity index (χ1v) is 7.20. The highest BCUT2D eigenvalue weighted by Crippen LogP contribution is 2.23. The molecule has 106 valence electrons. The van der Waals surface area contributed by atoms with Crippen LogP contribution in [0.2, 0.25) is 0 Å². The van der Waals surface area contributed by atoms with Crippen LogP contribution in [0.1, 0.15) is 42.4 Å². The zero-order chi connectivity index (χ0) is 14.9. The van der Waals surface area contributed by atoms with E-state index in [1.807, 2.05) is 31.2 Å². The van der Waals surface area contributed by atoms with E-state index in [0.717, 1.165) is 15.7 Å². The maximum absolute atomic E-state index is 12.3. The van der Waals surface area contributed by atoms with E-state index in [2.05, 4.69) is 52.2 Å². The lowest BCUT2D eigenvalue weighted by atomic mass is 9.92. The quantitative estimate of drug-likeness (QED) is 0.870. The fourth-order valence-corrected chi connectivity index (χ4v) is 2.19. The van der Waals surface area contributed by atoms with E-state index in [1.165, 1.54) is 0 Å². The summed E-state index contributed by atoms with van der Waals surface area (Å²) in [6.45, 7) is 8.21. The zero-order valence-corrected chi connectivity index (χ0v) is 13.6. The molecule has 1 aromatic heterocycles. The molecule has 2 rings (SSSR count). The molecule has 0 spiro atoms. The third-order valence-electron chi connectivity index (χ3n) is 2.99. The number of benzene rings is 1. The SMILES string of the molecule is Cc1ccc(Br)c(C(=O)Nc2cc(C(C)(C)C)[nH]n2)c1. The van der Waals surface area contributed by atoms with Gasteiger partial charge in [0.05, 0.1) is 5.56 Å². The van der Waals surface area contributed by atoms with Crippen LogP contribution in [0.4, 0.5) is 5.82 Å². The molecule has 1 aromatic carbocycles. The predicted octanol–water partition coefficient (Wildman–Crippen LogP) is 4.03. The smallest absolute Gasteiger partial charge is 0.258 e. The molecule has 2 aromatic rings. The summed E-state index contributed by atoms with van der Waals surface area (Å²) in [4.78, 5) is 12.3. The number of aryl methyl sites for hydroxylation is 1. The molecule has 0 saturated heterocycles. The molecule has 5 heteroatoms. The Morgan fingerprint density at radius 3 is 2.60 bits per heavy atom. The normalized spacial score (nSPS) is 11.4. The number of aromatic nitrogens is 2. The van der Waals surface area contributed by atoms with Crippen molar-refractivity contribution in [2.45, 2.75) is 33.1 Å². The number of carbonyl (C=O) groups excluding carboxylic acids is 1. The molecular formula is C15H18BrN3O. The number of rotatable bonds is 2. The van der Waals surface area contributed by atoms with Crippen molar-refractivity contribution in [3.05, 3.63) is 45.6 Å². The van der Waals surface area contributed by atoms with Gasteiger partial charge in [-0.1, -0.05) is 32.4 Å². The summed E-state index contributed by atoms with van der Waals surface area (Å²) >= 11 is 3.39. The van der Waals surface area contributed by atoms with Gasteiger partial charge in [0.15, 0.2) is 5.82 Å². The van der Waals surface area contributed by atoms with Crippen LogP contribution >= 0.6 is 15.9 Å². The molecule has 0 fully saturated rings. The number of H-pyrrole nitrogens is 1. The van der Waals surface area contributed by atoms with Crippen molar-refractivity contribution in [1.82, 2.24) is 10.2 Å². The van der Waals surface area contributed by atoms with E-state index in [-0.39, 0.29) is 11.3 Å². The van der Waals surface area contributed by atoms with Gasteiger partial charge in [0.25, 0.3) is 5.91 Å². The number of halogens is 1. The average molecular weight is 336 g/mol. The Labute approximate surface area is 127 Å². The molecule has 2 N–H and O–H groups in total. The molecule has 0 radical (unpaired) electrons. The van der Waals surface area contributed by atoms with Crippen LogP contribution in [0.3, 0.4) is 0 Å². The standard InChI is InChI=1S/C15H18BrN3O/c1-9-5-6-11(16)10(7-9)14(20)17-13-8-12(18-19-13)15(2,3)4/h5-8H,1-4H3,(H2,17,18,19,20). The summed E-state index contributed by atoms with van der Waals surface area (Å²) in [6.07, 6.45) is 0. The monoisotopic (exact) mass is 335 g/mol. The highest BCUT2D eigenvalue weighted by Gasteiger charge is 2.18. The highest BCUT2D eigenvalue weighted by atomic mass is 79.9. The molecule has 1 amide bonds. The molecule has 1 heterocycles. The van der Waals surface area contributed by atoms with Gasteiger partial charge in [-0.25, -0.2) is 0 Å². The van der Waals surface area contributed by atoms with Crippen molar-refractivity contribution in [2.24, 2.45) is 0 Å². The number of hydrogen-bond donors (Lipinski definition) is 2. The van der Waals surface area contributed by atoms with Crippen LogP contribution in [0, 0.1) is 6.92 Å². The molecule has 20 heavy (non-hydrogen) atoms. The second kappa shape index (κ2) is 5.40. The maximum Gasteiger partial charge on any atom is 0.258 e. The third-order valence-corrected chi connectivity index (χ3v) is 3.69. The van der Waals surface area contributed by atoms with Gasteiger partial charge in [-0.3, -0.25) is 9.89 Å². The summed E-state index contributed by atoms with van der Waals surface area (Å²) in [7, 11) is 0. The molecular weight excluding hydrogens is 318 g/mol. The van der Waals surface area contributed by atoms with Gasteiger partial charge in [-0.2, -0.15) is 5.10 Å². The van der Waals surface area contributed by atoms with Gasteiger partial charge in [0.1, 0.15) is 0 Å². The fourth-order valence-electron chi connectivity index (χ4n) is 1.77. The van der Waals surface area contributed by atoms with E-state index < -0.39 is 0 Å². The van der Waals surface area contributed by atoms with Crippen LogP contribution in [-0.2, 0) is 5.41 Å². The number of hydrogen-bond acceptors (Lipinski definition) is 2. The van der Waals surface area contributed by atoms with Crippen LogP contribution in [0.5, 0.6) is 0 Å². The van der Waals surface area contributed by atoms with E-state index >= 15 is 0 Å². The Morgan fingerprint density at radius 2 is 2.00 bits per heavy atom. The second-order valence-corrected chi connectivity index (χ2v) is 6.71. The van der Waals surface area contributed by atoms with E-state index in [4.69, 9.17) is 0 Å². The Bertz CT molecular complexity index is 641. The molecule has 0 aliphatic rings. The molecule has 4 nitrogen and oxygen atoms in total. The van der Waals surface area contributed by atoms with Gasteiger partial charge in [0.2, 0.25) is 0 Å². The number of aromatic amines is 1. The van der Waals surface area contributed by atoms with E-state index in [9.17, 15) is 4.79 Å². The van der Waals surface area contributed by atoms with Gasteiger partial charge in [-0.05, 0) is 35.0 Å². The first-order valence-electron chi connectivity index (χ1n) is 6.41. The lowest BCUT2D eigenvalue weighted by Crippen LogP contribution is -2.13. The summed E-state index contributed by atoms with van der Waals surface area (Å²) in [5, 5.41) is 9.89. The summed E-state index contributed by atoms with van der Waals surface area (Å²) < 4.78 is 0.771. The van der Waals surface area contributed by atoms with Crippen molar-refractivity contribution >= 4 is 27.7 Å². The van der Waals surface area contributed by atoms with Crippen LogP contribution in [0.25, 0.3) is 0 Å². The Balaban J connectivity index is 2.20. The van der Waals surface area contributed by atoms with Gasteiger partial charge in [-0.15, -0.1) is 0 Å². The summed E-state index contributed by atoms with van der Waals surface area (Å²) in [6, 6.07) is 7.53. The van der Waals surface area contributed by atoms with Gasteiger partial charge >= 0.3 is 0 Å². The highest BCUT2D eigenvalue weighted by molar-refractivity contribution is 9.10. The summed E-state index contributed by atoms with van der Waals surface area (Å²) in [5.41, 5.74) is 2.59. The van der Waals surface area contributed by atoms with Crippen molar-refractivity contribution < 1.29 is 4.79 Å².